The van der Waals surface area contributed by atoms with E-state index in [2.05, 4.69) is 15.0 Å². The van der Waals surface area contributed by atoms with E-state index in [1.165, 1.54) is 22.3 Å². The first-order valence-electron chi connectivity index (χ1n) is 9.60. The highest BCUT2D eigenvalue weighted by atomic mass is 32.1. The SMILES string of the molecule is COc1ccc2nc(N(CCCN3CCOCC3)C(=O)Cn3cncn3)sc2c1. The van der Waals surface area contributed by atoms with Crippen LogP contribution in [0.1, 0.15) is 6.42 Å². The highest BCUT2D eigenvalue weighted by molar-refractivity contribution is 7.22. The molecule has 9 nitrogen and oxygen atoms in total. The molecule has 0 unspecified atom stereocenters. The Morgan fingerprint density at radius 2 is 2.21 bits per heavy atom. The topological polar surface area (TPSA) is 85.6 Å². The van der Waals surface area contributed by atoms with Gasteiger partial charge in [-0.3, -0.25) is 14.6 Å². The Morgan fingerprint density at radius 1 is 1.34 bits per heavy atom. The standard InChI is InChI=1S/C19H24N6O3S/c1-27-15-3-4-16-17(11-15)29-19(22-16)25(18(26)12-24-14-20-13-21-24)6-2-5-23-7-9-28-10-8-23/h3-4,11,13-14H,2,5-10,12H2,1H3. The molecule has 0 saturated carbocycles. The summed E-state index contributed by atoms with van der Waals surface area (Å²) < 4.78 is 13.2. The molecule has 0 spiro atoms. The van der Waals surface area contributed by atoms with Crippen LogP contribution in [0.15, 0.2) is 30.9 Å². The lowest BCUT2D eigenvalue weighted by molar-refractivity contribution is -0.119. The van der Waals surface area contributed by atoms with Gasteiger partial charge in [-0.2, -0.15) is 5.10 Å². The molecule has 10 heteroatoms. The van der Waals surface area contributed by atoms with Crippen molar-refractivity contribution in [2.45, 2.75) is 13.0 Å². The number of thiazole rings is 1. The second-order valence-electron chi connectivity index (χ2n) is 6.78. The summed E-state index contributed by atoms with van der Waals surface area (Å²) in [6.07, 6.45) is 3.84. The Hall–Kier alpha value is -2.56. The van der Waals surface area contributed by atoms with Gasteiger partial charge in [0, 0.05) is 26.2 Å². The molecule has 0 bridgehead atoms. The van der Waals surface area contributed by atoms with Crippen LogP contribution in [0.3, 0.4) is 0 Å². The number of hydrogen-bond donors (Lipinski definition) is 0. The third-order valence-corrected chi connectivity index (χ3v) is 5.88. The van der Waals surface area contributed by atoms with Crippen LogP contribution in [0.5, 0.6) is 5.75 Å². The van der Waals surface area contributed by atoms with Crippen molar-refractivity contribution in [2.75, 3.05) is 51.4 Å². The van der Waals surface area contributed by atoms with Crippen LogP contribution in [0.25, 0.3) is 10.2 Å². The third-order valence-electron chi connectivity index (χ3n) is 4.84. The predicted octanol–water partition coefficient (Wildman–Crippen LogP) is 1.65. The van der Waals surface area contributed by atoms with E-state index in [4.69, 9.17) is 14.5 Å². The lowest BCUT2D eigenvalue weighted by Crippen LogP contribution is -2.40. The average molecular weight is 417 g/mol. The van der Waals surface area contributed by atoms with Crippen molar-refractivity contribution in [3.63, 3.8) is 0 Å². The number of methoxy groups -OCH3 is 1. The summed E-state index contributed by atoms with van der Waals surface area (Å²) in [6.45, 7) is 5.08. The fourth-order valence-electron chi connectivity index (χ4n) is 3.28. The summed E-state index contributed by atoms with van der Waals surface area (Å²) in [5.41, 5.74) is 0.859. The van der Waals surface area contributed by atoms with E-state index in [1.54, 1.807) is 18.3 Å². The van der Waals surface area contributed by atoms with Crippen LogP contribution >= 0.6 is 11.3 Å². The number of ether oxygens (including phenoxy) is 2. The summed E-state index contributed by atoms with van der Waals surface area (Å²) >= 11 is 1.50. The van der Waals surface area contributed by atoms with Crippen LogP contribution in [-0.4, -0.2) is 77.1 Å². The first-order valence-corrected chi connectivity index (χ1v) is 10.4. The molecule has 0 aliphatic carbocycles. The lowest BCUT2D eigenvalue weighted by atomic mass is 10.3. The van der Waals surface area contributed by atoms with Crippen molar-refractivity contribution in [1.29, 1.82) is 0 Å². The maximum absolute atomic E-state index is 13.0. The van der Waals surface area contributed by atoms with Gasteiger partial charge in [-0.1, -0.05) is 11.3 Å². The lowest BCUT2D eigenvalue weighted by Gasteiger charge is -2.27. The number of morpholine rings is 1. The molecule has 1 aromatic carbocycles. The number of aromatic nitrogens is 4. The number of hydrogen-bond acceptors (Lipinski definition) is 8. The maximum Gasteiger partial charge on any atom is 0.250 e. The number of anilines is 1. The fourth-order valence-corrected chi connectivity index (χ4v) is 4.32. The number of amides is 1. The third kappa shape index (κ3) is 4.89. The van der Waals surface area contributed by atoms with Gasteiger partial charge in [0.05, 0.1) is 30.5 Å². The minimum Gasteiger partial charge on any atom is -0.497 e. The fraction of sp³-hybridized carbons (Fsp3) is 0.474. The number of benzene rings is 1. The highest BCUT2D eigenvalue weighted by Crippen LogP contribution is 2.31. The normalized spacial score (nSPS) is 14.9. The van der Waals surface area contributed by atoms with Crippen molar-refractivity contribution in [3.8, 4) is 5.75 Å². The van der Waals surface area contributed by atoms with E-state index in [0.29, 0.717) is 11.7 Å². The van der Waals surface area contributed by atoms with Gasteiger partial charge >= 0.3 is 0 Å². The molecule has 2 aromatic heterocycles. The van der Waals surface area contributed by atoms with Crippen LogP contribution in [0, 0.1) is 0 Å². The highest BCUT2D eigenvalue weighted by Gasteiger charge is 2.21. The van der Waals surface area contributed by atoms with Gasteiger partial charge in [-0.05, 0) is 24.6 Å². The van der Waals surface area contributed by atoms with Crippen molar-refractivity contribution >= 4 is 32.6 Å². The molecule has 0 N–H and O–H groups in total. The van der Waals surface area contributed by atoms with E-state index in [-0.39, 0.29) is 12.5 Å². The summed E-state index contributed by atoms with van der Waals surface area (Å²) in [5, 5.41) is 4.75. The molecule has 0 atom stereocenters. The molecular formula is C19H24N6O3S. The number of fused-ring (bicyclic) bond motifs is 1. The molecule has 1 fully saturated rings. The number of carbonyl (C=O) groups excluding carboxylic acids is 1. The van der Waals surface area contributed by atoms with Crippen molar-refractivity contribution in [1.82, 2.24) is 24.6 Å². The number of rotatable bonds is 8. The molecule has 3 heterocycles. The molecule has 1 aliphatic rings. The monoisotopic (exact) mass is 416 g/mol. The van der Waals surface area contributed by atoms with Crippen LogP contribution in [-0.2, 0) is 16.1 Å². The van der Waals surface area contributed by atoms with Crippen molar-refractivity contribution in [3.05, 3.63) is 30.9 Å². The molecule has 29 heavy (non-hydrogen) atoms. The van der Waals surface area contributed by atoms with Crippen LogP contribution in [0.4, 0.5) is 5.13 Å². The Bertz CT molecular complexity index is 939. The van der Waals surface area contributed by atoms with E-state index in [0.717, 1.165) is 55.2 Å². The molecular weight excluding hydrogens is 392 g/mol. The molecule has 0 radical (unpaired) electrons. The van der Waals surface area contributed by atoms with Crippen molar-refractivity contribution < 1.29 is 14.3 Å². The van der Waals surface area contributed by atoms with Gasteiger partial charge in [-0.15, -0.1) is 0 Å². The molecule has 3 aromatic rings. The van der Waals surface area contributed by atoms with Gasteiger partial charge in [0.15, 0.2) is 5.13 Å². The Kier molecular flexibility index (Phi) is 6.33. The Morgan fingerprint density at radius 3 is 2.97 bits per heavy atom. The molecule has 1 saturated heterocycles. The van der Waals surface area contributed by atoms with E-state index < -0.39 is 0 Å². The largest absolute Gasteiger partial charge is 0.497 e. The zero-order valence-electron chi connectivity index (χ0n) is 16.4. The smallest absolute Gasteiger partial charge is 0.250 e. The van der Waals surface area contributed by atoms with E-state index in [1.807, 2.05) is 18.2 Å². The van der Waals surface area contributed by atoms with Gasteiger partial charge in [0.25, 0.3) is 5.91 Å². The molecule has 4 rings (SSSR count). The zero-order chi connectivity index (χ0) is 20.1. The molecule has 1 amide bonds. The van der Waals surface area contributed by atoms with E-state index in [9.17, 15) is 4.79 Å². The predicted molar refractivity (Wildman–Crippen MR) is 110 cm³/mol. The first-order chi connectivity index (χ1) is 14.2. The van der Waals surface area contributed by atoms with Crippen LogP contribution in [0.2, 0.25) is 0 Å². The minimum atomic E-state index is -0.0523. The Balaban J connectivity index is 1.50. The summed E-state index contributed by atoms with van der Waals surface area (Å²) in [7, 11) is 1.64. The summed E-state index contributed by atoms with van der Waals surface area (Å²) in [5.74, 6) is 0.726. The van der Waals surface area contributed by atoms with Gasteiger partial charge < -0.3 is 9.47 Å². The van der Waals surface area contributed by atoms with Crippen LogP contribution < -0.4 is 9.64 Å². The van der Waals surface area contributed by atoms with E-state index >= 15 is 0 Å². The zero-order valence-corrected chi connectivity index (χ0v) is 17.2. The summed E-state index contributed by atoms with van der Waals surface area (Å²) in [6, 6.07) is 5.75. The van der Waals surface area contributed by atoms with Gasteiger partial charge in [-0.25, -0.2) is 14.6 Å². The second kappa shape index (κ2) is 9.29. The summed E-state index contributed by atoms with van der Waals surface area (Å²) in [4.78, 5) is 25.8. The minimum absolute atomic E-state index is 0.0523. The second-order valence-corrected chi connectivity index (χ2v) is 7.79. The van der Waals surface area contributed by atoms with Gasteiger partial charge in [0.1, 0.15) is 24.9 Å². The molecule has 1 aliphatic heterocycles. The number of nitrogens with zero attached hydrogens (tertiary/aromatic N) is 6. The molecule has 154 valence electrons. The maximum atomic E-state index is 13.0. The van der Waals surface area contributed by atoms with Gasteiger partial charge in [0.2, 0.25) is 0 Å². The first kappa shape index (κ1) is 19.7. The van der Waals surface area contributed by atoms with Crippen molar-refractivity contribution in [2.24, 2.45) is 0 Å². The average Bonchev–Trinajstić information content (AvgIpc) is 3.40. The Labute approximate surface area is 172 Å². The quantitative estimate of drug-likeness (QED) is 0.552. The number of carbonyl (C=O) groups is 1.